The Morgan fingerprint density at radius 2 is 2.14 bits per heavy atom. The molecule has 0 saturated carbocycles. The number of carbonyl (C=O) groups excluding carboxylic acids is 1. The Labute approximate surface area is 170 Å². The van der Waals surface area contributed by atoms with E-state index in [1.807, 2.05) is 30.3 Å². The maximum Gasteiger partial charge on any atom is 0.325 e. The van der Waals surface area contributed by atoms with Crippen molar-refractivity contribution in [1.29, 1.82) is 0 Å². The Balaban J connectivity index is 1.67. The van der Waals surface area contributed by atoms with Gasteiger partial charge in [-0.15, -0.1) is 11.3 Å². The van der Waals surface area contributed by atoms with Crippen LogP contribution in [0.4, 0.5) is 5.69 Å². The van der Waals surface area contributed by atoms with E-state index in [9.17, 15) is 14.7 Å². The van der Waals surface area contributed by atoms with Crippen LogP contribution in [0.3, 0.4) is 0 Å². The van der Waals surface area contributed by atoms with Gasteiger partial charge in [0.05, 0.1) is 10.6 Å². The number of aromatic hydroxyl groups is 1. The zero-order valence-corrected chi connectivity index (χ0v) is 16.7. The number of benzene rings is 1. The second kappa shape index (κ2) is 8.49. The summed E-state index contributed by atoms with van der Waals surface area (Å²) >= 11 is 6.63. The van der Waals surface area contributed by atoms with Crippen molar-refractivity contribution >= 4 is 59.0 Å². The molecule has 2 heterocycles. The molecule has 9 heteroatoms. The quantitative estimate of drug-likeness (QED) is 0.597. The summed E-state index contributed by atoms with van der Waals surface area (Å²) in [7, 11) is 0. The standard InChI is InChI=1S/C19H19N3O4S2/c1-11(18(25)26)21-16(23)7-4-8-22-17(24)15(28-19(22)27)9-12-10-20-14-6-3-2-5-13(12)14/h2-3,5-6,9-11,24H,4,7-8H2,1H3,(H,21,23)(H,25,26)/b12-9+. The first-order valence-electron chi connectivity index (χ1n) is 8.66. The molecule has 1 atom stereocenters. The lowest BCUT2D eigenvalue weighted by atomic mass is 10.1. The van der Waals surface area contributed by atoms with Crippen LogP contribution in [0.2, 0.25) is 0 Å². The Morgan fingerprint density at radius 1 is 1.39 bits per heavy atom. The maximum absolute atomic E-state index is 11.8. The summed E-state index contributed by atoms with van der Waals surface area (Å²) in [4.78, 5) is 27.5. The minimum Gasteiger partial charge on any atom is -0.493 e. The SMILES string of the molecule is CC(NC(=O)CCCn1c(O)c(/C=C2\C=Nc3ccccc32)sc1=S)C(=O)O. The largest absolute Gasteiger partial charge is 0.493 e. The molecule has 2 aromatic rings. The van der Waals surface area contributed by atoms with Crippen molar-refractivity contribution in [1.82, 2.24) is 9.88 Å². The van der Waals surface area contributed by atoms with Crippen LogP contribution in [0.1, 0.15) is 30.2 Å². The maximum atomic E-state index is 11.8. The summed E-state index contributed by atoms with van der Waals surface area (Å²) in [6, 6.07) is 6.82. The van der Waals surface area contributed by atoms with Crippen molar-refractivity contribution in [3.05, 3.63) is 38.7 Å². The number of aliphatic imine (C=N–C) groups is 1. The monoisotopic (exact) mass is 417 g/mol. The molecule has 1 unspecified atom stereocenters. The fourth-order valence-electron chi connectivity index (χ4n) is 2.77. The highest BCUT2D eigenvalue weighted by atomic mass is 32.1. The number of carboxylic acids is 1. The molecule has 0 spiro atoms. The number of carbonyl (C=O) groups is 2. The van der Waals surface area contributed by atoms with E-state index < -0.39 is 12.0 Å². The normalized spacial score (nSPS) is 14.8. The molecule has 0 saturated heterocycles. The first-order valence-corrected chi connectivity index (χ1v) is 9.89. The predicted octanol–water partition coefficient (Wildman–Crippen LogP) is 3.61. The third-order valence-corrected chi connectivity index (χ3v) is 5.66. The Hall–Kier alpha value is -2.78. The fraction of sp³-hybridized carbons (Fsp3) is 0.263. The van der Waals surface area contributed by atoms with E-state index in [0.29, 0.717) is 21.8 Å². The summed E-state index contributed by atoms with van der Waals surface area (Å²) in [5.41, 5.74) is 2.78. The van der Waals surface area contributed by atoms with Gasteiger partial charge >= 0.3 is 5.97 Å². The van der Waals surface area contributed by atoms with E-state index in [4.69, 9.17) is 17.3 Å². The number of hydrogen-bond donors (Lipinski definition) is 3. The van der Waals surface area contributed by atoms with Crippen LogP contribution in [0.15, 0.2) is 29.3 Å². The first kappa shape index (κ1) is 20.0. The number of hydrogen-bond acceptors (Lipinski definition) is 6. The fourth-order valence-corrected chi connectivity index (χ4v) is 4.08. The van der Waals surface area contributed by atoms with Gasteiger partial charge in [0.2, 0.25) is 11.8 Å². The van der Waals surface area contributed by atoms with E-state index in [2.05, 4.69) is 10.3 Å². The molecular weight excluding hydrogens is 398 g/mol. The minimum atomic E-state index is -1.08. The number of aliphatic carboxylic acids is 1. The lowest BCUT2D eigenvalue weighted by molar-refractivity contribution is -0.141. The van der Waals surface area contributed by atoms with Gasteiger partial charge in [0.25, 0.3) is 0 Å². The number of nitrogens with one attached hydrogen (secondary N) is 1. The Morgan fingerprint density at radius 3 is 2.89 bits per heavy atom. The molecule has 3 rings (SSSR count). The summed E-state index contributed by atoms with van der Waals surface area (Å²) in [5.74, 6) is -1.38. The molecule has 3 N–H and O–H groups in total. The van der Waals surface area contributed by atoms with Gasteiger partial charge in [-0.1, -0.05) is 18.2 Å². The molecule has 0 fully saturated rings. The number of carboxylic acid groups (broad SMARTS) is 1. The number of para-hydroxylation sites is 1. The van der Waals surface area contributed by atoms with Gasteiger partial charge in [0.1, 0.15) is 6.04 Å². The average Bonchev–Trinajstić information content (AvgIpc) is 3.18. The molecule has 0 radical (unpaired) electrons. The molecule has 1 aromatic carbocycles. The smallest absolute Gasteiger partial charge is 0.325 e. The van der Waals surface area contributed by atoms with Crippen LogP contribution in [-0.2, 0) is 16.1 Å². The Kier molecular flexibility index (Phi) is 6.05. The van der Waals surface area contributed by atoms with Crippen LogP contribution in [0, 0.1) is 3.95 Å². The van der Waals surface area contributed by atoms with Gasteiger partial charge in [-0.05, 0) is 37.7 Å². The summed E-state index contributed by atoms with van der Waals surface area (Å²) < 4.78 is 2.09. The van der Waals surface area contributed by atoms with Crippen LogP contribution < -0.4 is 5.32 Å². The molecule has 28 heavy (non-hydrogen) atoms. The van der Waals surface area contributed by atoms with Gasteiger partial charge in [0.15, 0.2) is 3.95 Å². The number of thiazole rings is 1. The lowest BCUT2D eigenvalue weighted by Gasteiger charge is -2.09. The highest BCUT2D eigenvalue weighted by molar-refractivity contribution is 7.73. The van der Waals surface area contributed by atoms with E-state index in [1.54, 1.807) is 10.8 Å². The van der Waals surface area contributed by atoms with Crippen molar-refractivity contribution in [2.45, 2.75) is 32.4 Å². The number of allylic oxidation sites excluding steroid dienone is 1. The van der Waals surface area contributed by atoms with Gasteiger partial charge < -0.3 is 15.5 Å². The first-order chi connectivity index (χ1) is 13.4. The van der Waals surface area contributed by atoms with Gasteiger partial charge in [-0.25, -0.2) is 0 Å². The molecule has 7 nitrogen and oxygen atoms in total. The third kappa shape index (κ3) is 4.37. The van der Waals surface area contributed by atoms with Crippen molar-refractivity contribution < 1.29 is 19.8 Å². The molecule has 0 aliphatic carbocycles. The van der Waals surface area contributed by atoms with Gasteiger partial charge in [0, 0.05) is 30.3 Å². The van der Waals surface area contributed by atoms with Gasteiger partial charge in [-0.3, -0.25) is 19.1 Å². The van der Waals surface area contributed by atoms with E-state index in [1.165, 1.54) is 18.3 Å². The molecule has 0 bridgehead atoms. The van der Waals surface area contributed by atoms with Crippen LogP contribution in [0.25, 0.3) is 11.6 Å². The van der Waals surface area contributed by atoms with Crippen LogP contribution in [-0.4, -0.2) is 38.9 Å². The molecular formula is C19H19N3O4S2. The van der Waals surface area contributed by atoms with Gasteiger partial charge in [-0.2, -0.15) is 0 Å². The highest BCUT2D eigenvalue weighted by Gasteiger charge is 2.16. The number of fused-ring (bicyclic) bond motifs is 1. The molecule has 146 valence electrons. The van der Waals surface area contributed by atoms with Crippen molar-refractivity contribution in [3.63, 3.8) is 0 Å². The van der Waals surface area contributed by atoms with Crippen LogP contribution >= 0.6 is 23.6 Å². The van der Waals surface area contributed by atoms with Crippen molar-refractivity contribution in [3.8, 4) is 5.88 Å². The average molecular weight is 418 g/mol. The summed E-state index contributed by atoms with van der Waals surface area (Å²) in [5, 5.41) is 21.7. The number of aromatic nitrogens is 1. The molecule has 1 amide bonds. The number of rotatable bonds is 7. The summed E-state index contributed by atoms with van der Waals surface area (Å²) in [6.07, 6.45) is 4.18. The third-order valence-electron chi connectivity index (χ3n) is 4.27. The molecule has 1 aliphatic rings. The topological polar surface area (TPSA) is 104 Å². The zero-order chi connectivity index (χ0) is 20.3. The molecule has 1 aromatic heterocycles. The highest BCUT2D eigenvalue weighted by Crippen LogP contribution is 2.35. The zero-order valence-electron chi connectivity index (χ0n) is 15.1. The predicted molar refractivity (Wildman–Crippen MR) is 112 cm³/mol. The van der Waals surface area contributed by atoms with Crippen LogP contribution in [0.5, 0.6) is 5.88 Å². The van der Waals surface area contributed by atoms with E-state index in [-0.39, 0.29) is 18.2 Å². The minimum absolute atomic E-state index is 0.0552. The number of nitrogens with zero attached hydrogens (tertiary/aromatic N) is 2. The second-order valence-electron chi connectivity index (χ2n) is 6.31. The van der Waals surface area contributed by atoms with Crippen molar-refractivity contribution in [2.75, 3.05) is 0 Å². The van der Waals surface area contributed by atoms with Crippen molar-refractivity contribution in [2.24, 2.45) is 4.99 Å². The Bertz CT molecular complexity index is 1040. The van der Waals surface area contributed by atoms with E-state index in [0.717, 1.165) is 16.8 Å². The second-order valence-corrected chi connectivity index (χ2v) is 7.99. The van der Waals surface area contributed by atoms with E-state index >= 15 is 0 Å². The summed E-state index contributed by atoms with van der Waals surface area (Å²) in [6.45, 7) is 1.77. The molecule has 1 aliphatic heterocycles. The number of amides is 1. The lowest BCUT2D eigenvalue weighted by Crippen LogP contribution is -2.38.